The lowest BCUT2D eigenvalue weighted by Crippen LogP contribution is -2.14. The van der Waals surface area contributed by atoms with Crippen molar-refractivity contribution in [2.75, 3.05) is 0 Å². The van der Waals surface area contributed by atoms with Gasteiger partial charge in [0.05, 0.1) is 10.9 Å². The van der Waals surface area contributed by atoms with Crippen molar-refractivity contribution < 1.29 is 9.90 Å². The molecular formula is C22H22Cl2N2O2S. The Labute approximate surface area is 184 Å². The van der Waals surface area contributed by atoms with Gasteiger partial charge in [0, 0.05) is 39.6 Å². The molecule has 0 radical (unpaired) electrons. The number of aliphatic carboxylic acids is 1. The van der Waals surface area contributed by atoms with Crippen molar-refractivity contribution in [1.29, 1.82) is 0 Å². The zero-order valence-corrected chi connectivity index (χ0v) is 18.7. The first kappa shape index (κ1) is 21.8. The maximum Gasteiger partial charge on any atom is 0.312 e. The summed E-state index contributed by atoms with van der Waals surface area (Å²) in [6, 6.07) is 11.3. The molecule has 2 aromatic heterocycles. The minimum atomic E-state index is -0.851. The van der Waals surface area contributed by atoms with Gasteiger partial charge in [-0.05, 0) is 60.4 Å². The molecule has 3 aromatic rings. The number of aromatic nitrogens is 2. The van der Waals surface area contributed by atoms with Crippen molar-refractivity contribution in [2.24, 2.45) is 0 Å². The van der Waals surface area contributed by atoms with Crippen LogP contribution in [0.1, 0.15) is 49.4 Å². The Morgan fingerprint density at radius 3 is 2.28 bits per heavy atom. The Hall–Kier alpha value is -1.95. The fourth-order valence-corrected chi connectivity index (χ4v) is 5.06. The third-order valence-electron chi connectivity index (χ3n) is 4.68. The summed E-state index contributed by atoms with van der Waals surface area (Å²) in [7, 11) is 0. The second kappa shape index (κ2) is 9.24. The van der Waals surface area contributed by atoms with E-state index in [1.165, 1.54) is 0 Å². The lowest BCUT2D eigenvalue weighted by Gasteiger charge is -2.17. The molecule has 1 N–H and O–H groups in total. The third kappa shape index (κ3) is 5.16. The van der Waals surface area contributed by atoms with E-state index >= 15 is 0 Å². The number of hydrogen-bond donors (Lipinski definition) is 1. The quantitative estimate of drug-likeness (QED) is 0.436. The molecule has 1 aromatic carbocycles. The molecule has 1 unspecified atom stereocenters. The van der Waals surface area contributed by atoms with Crippen LogP contribution in [0.2, 0.25) is 10.0 Å². The van der Waals surface area contributed by atoms with Crippen LogP contribution in [0.4, 0.5) is 0 Å². The topological polar surface area (TPSA) is 55.1 Å². The highest BCUT2D eigenvalue weighted by molar-refractivity contribution is 7.99. The molecule has 0 spiro atoms. The first-order valence-electron chi connectivity index (χ1n) is 9.25. The molecule has 2 heterocycles. The third-order valence-corrected chi connectivity index (χ3v) is 6.24. The van der Waals surface area contributed by atoms with Crippen molar-refractivity contribution in [3.8, 4) is 0 Å². The van der Waals surface area contributed by atoms with E-state index in [4.69, 9.17) is 23.2 Å². The normalized spacial score (nSPS) is 12.3. The summed E-state index contributed by atoms with van der Waals surface area (Å²) in [6.45, 7) is 6.49. The minimum absolute atomic E-state index is 0.227. The van der Waals surface area contributed by atoms with E-state index in [-0.39, 0.29) is 5.92 Å². The number of rotatable bonds is 7. The second-order valence-corrected chi connectivity index (χ2v) is 9.13. The average Bonchev–Trinajstić information content (AvgIpc) is 2.99. The van der Waals surface area contributed by atoms with Crippen LogP contribution in [-0.2, 0) is 11.3 Å². The van der Waals surface area contributed by atoms with Crippen molar-refractivity contribution in [3.63, 3.8) is 0 Å². The van der Waals surface area contributed by atoms with E-state index in [1.807, 2.05) is 30.3 Å². The van der Waals surface area contributed by atoms with Crippen molar-refractivity contribution in [3.05, 3.63) is 75.7 Å². The van der Waals surface area contributed by atoms with Gasteiger partial charge >= 0.3 is 5.97 Å². The standard InChI is InChI=1S/C22H22Cl2N2O2S/c1-13(2)19-11-20(14(3)22(27)28)26(12-15-4-6-25-7-5-15)21(19)29-18-9-16(23)8-17(24)10-18/h4-11,13-14H,12H2,1-3H3,(H,27,28). The van der Waals surface area contributed by atoms with Crippen molar-refractivity contribution in [2.45, 2.75) is 49.1 Å². The molecule has 0 amide bonds. The molecule has 29 heavy (non-hydrogen) atoms. The Bertz CT molecular complexity index is 999. The summed E-state index contributed by atoms with van der Waals surface area (Å²) in [4.78, 5) is 16.8. The fourth-order valence-electron chi connectivity index (χ4n) is 3.12. The highest BCUT2D eigenvalue weighted by Crippen LogP contribution is 2.40. The van der Waals surface area contributed by atoms with E-state index in [0.29, 0.717) is 16.6 Å². The molecule has 0 aliphatic carbocycles. The van der Waals surface area contributed by atoms with Crippen LogP contribution in [0.15, 0.2) is 58.7 Å². The number of pyridine rings is 1. The van der Waals surface area contributed by atoms with Crippen LogP contribution in [0.5, 0.6) is 0 Å². The van der Waals surface area contributed by atoms with Gasteiger partial charge in [0.1, 0.15) is 0 Å². The fraction of sp³-hybridized carbons (Fsp3) is 0.273. The number of carboxylic acids is 1. The molecule has 0 saturated carbocycles. The SMILES string of the molecule is CC(C)c1cc(C(C)C(=O)O)n(Cc2ccncc2)c1Sc1cc(Cl)cc(Cl)c1. The number of benzene rings is 1. The highest BCUT2D eigenvalue weighted by atomic mass is 35.5. The van der Waals surface area contributed by atoms with Gasteiger partial charge in [-0.3, -0.25) is 9.78 Å². The predicted molar refractivity (Wildman–Crippen MR) is 118 cm³/mol. The van der Waals surface area contributed by atoms with Gasteiger partial charge in [-0.25, -0.2) is 0 Å². The smallest absolute Gasteiger partial charge is 0.312 e. The summed E-state index contributed by atoms with van der Waals surface area (Å²) in [5.41, 5.74) is 2.92. The zero-order chi connectivity index (χ0) is 21.1. The van der Waals surface area contributed by atoms with Gasteiger partial charge in [0.2, 0.25) is 0 Å². The van der Waals surface area contributed by atoms with Gasteiger partial charge < -0.3 is 9.67 Å². The largest absolute Gasteiger partial charge is 0.481 e. The van der Waals surface area contributed by atoms with Crippen LogP contribution in [-0.4, -0.2) is 20.6 Å². The number of halogens is 2. The van der Waals surface area contributed by atoms with Crippen LogP contribution in [0.25, 0.3) is 0 Å². The van der Waals surface area contributed by atoms with E-state index < -0.39 is 11.9 Å². The Balaban J connectivity index is 2.16. The molecule has 152 valence electrons. The predicted octanol–water partition coefficient (Wildman–Crippen LogP) is 6.70. The van der Waals surface area contributed by atoms with Gasteiger partial charge in [0.15, 0.2) is 0 Å². The Morgan fingerprint density at radius 1 is 1.10 bits per heavy atom. The van der Waals surface area contributed by atoms with E-state index in [0.717, 1.165) is 26.7 Å². The Kier molecular flexibility index (Phi) is 6.93. The first-order chi connectivity index (χ1) is 13.8. The van der Waals surface area contributed by atoms with Crippen LogP contribution in [0.3, 0.4) is 0 Å². The molecule has 3 rings (SSSR count). The number of hydrogen-bond acceptors (Lipinski definition) is 3. The van der Waals surface area contributed by atoms with Gasteiger partial charge in [-0.1, -0.05) is 48.8 Å². The zero-order valence-electron chi connectivity index (χ0n) is 16.4. The summed E-state index contributed by atoms with van der Waals surface area (Å²) in [5.74, 6) is -1.26. The number of carboxylic acid groups (broad SMARTS) is 1. The molecule has 7 heteroatoms. The van der Waals surface area contributed by atoms with Crippen molar-refractivity contribution in [1.82, 2.24) is 9.55 Å². The summed E-state index contributed by atoms with van der Waals surface area (Å²) in [6.07, 6.45) is 3.48. The summed E-state index contributed by atoms with van der Waals surface area (Å²) in [5, 5.41) is 11.8. The van der Waals surface area contributed by atoms with Crippen LogP contribution < -0.4 is 0 Å². The molecule has 0 fully saturated rings. The van der Waals surface area contributed by atoms with Gasteiger partial charge in [-0.2, -0.15) is 0 Å². The molecule has 0 aliphatic rings. The summed E-state index contributed by atoms with van der Waals surface area (Å²) < 4.78 is 2.09. The first-order valence-corrected chi connectivity index (χ1v) is 10.8. The van der Waals surface area contributed by atoms with E-state index in [2.05, 4.69) is 23.4 Å². The lowest BCUT2D eigenvalue weighted by atomic mass is 10.0. The van der Waals surface area contributed by atoms with Crippen LogP contribution >= 0.6 is 35.0 Å². The van der Waals surface area contributed by atoms with Crippen LogP contribution in [0, 0.1) is 0 Å². The summed E-state index contributed by atoms with van der Waals surface area (Å²) >= 11 is 13.9. The van der Waals surface area contributed by atoms with E-state index in [1.54, 1.807) is 37.1 Å². The maximum atomic E-state index is 11.8. The second-order valence-electron chi connectivity index (χ2n) is 7.19. The van der Waals surface area contributed by atoms with Gasteiger partial charge in [0.25, 0.3) is 0 Å². The molecular weight excluding hydrogens is 427 g/mol. The maximum absolute atomic E-state index is 11.8. The molecule has 0 bridgehead atoms. The molecule has 0 aliphatic heterocycles. The average molecular weight is 449 g/mol. The highest BCUT2D eigenvalue weighted by Gasteiger charge is 2.25. The monoisotopic (exact) mass is 448 g/mol. The molecule has 1 atom stereocenters. The Morgan fingerprint density at radius 2 is 1.72 bits per heavy atom. The molecule has 0 saturated heterocycles. The lowest BCUT2D eigenvalue weighted by molar-refractivity contribution is -0.138. The molecule has 4 nitrogen and oxygen atoms in total. The minimum Gasteiger partial charge on any atom is -0.481 e. The van der Waals surface area contributed by atoms with Gasteiger partial charge in [-0.15, -0.1) is 0 Å². The number of nitrogens with zero attached hydrogens (tertiary/aromatic N) is 2. The van der Waals surface area contributed by atoms with E-state index in [9.17, 15) is 9.90 Å². The number of carbonyl (C=O) groups is 1. The van der Waals surface area contributed by atoms with Crippen molar-refractivity contribution >= 4 is 40.9 Å².